The molecule has 0 spiro atoms. The second-order valence-corrected chi connectivity index (χ2v) is 16.8. The Hall–Kier alpha value is -11.7. The number of aromatic nitrogens is 4. The van der Waals surface area contributed by atoms with Crippen LogP contribution in [0.1, 0.15) is 64.5 Å². The number of fused-ring (bicyclic) bond motifs is 4. The first-order valence-corrected chi connectivity index (χ1v) is 23.0. The van der Waals surface area contributed by atoms with Gasteiger partial charge in [0.2, 0.25) is 5.88 Å². The molecule has 0 bridgehead atoms. The molecular formula is C56H36N12O9. The van der Waals surface area contributed by atoms with Gasteiger partial charge in [0.25, 0.3) is 46.0 Å². The summed E-state index contributed by atoms with van der Waals surface area (Å²) < 4.78 is 0. The largest absolute Gasteiger partial charge is 0.494 e. The van der Waals surface area contributed by atoms with Crippen molar-refractivity contribution in [3.8, 4) is 5.88 Å². The van der Waals surface area contributed by atoms with E-state index >= 15 is 0 Å². The average molecular weight is 1020 g/mol. The summed E-state index contributed by atoms with van der Waals surface area (Å²) in [4.78, 5) is 122. The first kappa shape index (κ1) is 48.9. The van der Waals surface area contributed by atoms with Crippen LogP contribution in [-0.4, -0.2) is 66.1 Å². The van der Waals surface area contributed by atoms with Gasteiger partial charge in [0.15, 0.2) is 0 Å². The molecule has 0 saturated carbocycles. The number of para-hydroxylation sites is 1. The number of nitrogens with zero attached hydrogens (tertiary/aromatic N) is 4. The molecule has 2 aromatic heterocycles. The minimum Gasteiger partial charge on any atom is -0.494 e. The lowest BCUT2D eigenvalue weighted by molar-refractivity contribution is -0.112. The molecule has 12 rings (SSSR count). The normalized spacial score (nSPS) is 15.0. The van der Waals surface area contributed by atoms with Gasteiger partial charge >= 0.3 is 5.69 Å². The van der Waals surface area contributed by atoms with E-state index in [-0.39, 0.29) is 56.8 Å². The van der Waals surface area contributed by atoms with Crippen LogP contribution in [-0.2, 0) is 4.79 Å². The molecule has 21 nitrogen and oxygen atoms in total. The lowest BCUT2D eigenvalue weighted by Gasteiger charge is -2.07. The predicted molar refractivity (Wildman–Crippen MR) is 286 cm³/mol. The van der Waals surface area contributed by atoms with E-state index in [1.165, 1.54) is 0 Å². The topological polar surface area (TPSA) is 310 Å². The standard InChI is InChI=1S/C22H14N4O2.C17H11N5O5.C17H11N3O2/c27-21-17-7-3-1-5-15(17)19(25-21)23-13-9-11-14(12-10-13)24-20-16-6-2-4-8-18(16)22(28)26-20;1-6-18-13(23)9(14(24)19-6)11-7-4-2-3-5-8(7)12(20-11)10-15(25)21-17(27)22-16(10)26;1-18-15(17(22)19-11-7-3-2-4-8-11)14-12-9-5-6-10-13(12)16(21)20-14/h1-12H,(H,23,25,27)(H,24,26,28);2-5H,1H2,(H,18,23)(H,19,24)(H3,21,22,25,26,27);2-10H,(H,19,22)(H,20,21)/b;;15-14+. The summed E-state index contributed by atoms with van der Waals surface area (Å²) in [5.74, 6) is -0.740. The number of carbonyl (C=O) groups is 4. The van der Waals surface area contributed by atoms with Crippen molar-refractivity contribution < 1.29 is 24.3 Å². The molecule has 0 radical (unpaired) electrons. The van der Waals surface area contributed by atoms with E-state index in [4.69, 9.17) is 6.57 Å². The van der Waals surface area contributed by atoms with Crippen molar-refractivity contribution in [1.82, 2.24) is 35.9 Å². The molecule has 0 fully saturated rings. The number of aromatic amines is 4. The number of amidine groups is 2. The van der Waals surface area contributed by atoms with Crippen LogP contribution in [0.4, 0.5) is 17.1 Å². The Morgan fingerprint density at radius 1 is 0.532 bits per heavy atom. The van der Waals surface area contributed by atoms with Crippen LogP contribution in [0.15, 0.2) is 192 Å². The summed E-state index contributed by atoms with van der Waals surface area (Å²) in [6, 6.07) is 44.3. The van der Waals surface area contributed by atoms with Crippen molar-refractivity contribution in [1.29, 1.82) is 0 Å². The average Bonchev–Trinajstić information content (AvgIpc) is 4.31. The van der Waals surface area contributed by atoms with Gasteiger partial charge in [0, 0.05) is 39.1 Å². The van der Waals surface area contributed by atoms with Crippen molar-refractivity contribution in [3.63, 3.8) is 0 Å². The summed E-state index contributed by atoms with van der Waals surface area (Å²) in [5, 5.41) is 20.6. The molecule has 8 aromatic rings. The Balaban J connectivity index is 0.000000132. The number of benzene rings is 6. The zero-order valence-corrected chi connectivity index (χ0v) is 39.6. The summed E-state index contributed by atoms with van der Waals surface area (Å²) in [6.07, 6.45) is 0. The molecule has 0 saturated heterocycles. The van der Waals surface area contributed by atoms with Crippen LogP contribution in [0.3, 0.4) is 0 Å². The summed E-state index contributed by atoms with van der Waals surface area (Å²) in [5.41, 5.74) is 3.51. The zero-order valence-electron chi connectivity index (χ0n) is 39.6. The maximum Gasteiger partial charge on any atom is 0.328 e. The van der Waals surface area contributed by atoms with Crippen LogP contribution >= 0.6 is 0 Å². The minimum absolute atomic E-state index is 0.0214. The van der Waals surface area contributed by atoms with Gasteiger partial charge in [0.05, 0.1) is 46.2 Å². The summed E-state index contributed by atoms with van der Waals surface area (Å²) in [7, 11) is 0. The molecule has 4 aliphatic heterocycles. The predicted octanol–water partition coefficient (Wildman–Crippen LogP) is 3.55. The molecule has 0 unspecified atom stereocenters. The van der Waals surface area contributed by atoms with Gasteiger partial charge < -0.3 is 36.3 Å². The molecule has 374 valence electrons. The van der Waals surface area contributed by atoms with E-state index in [1.807, 2.05) is 71.7 Å². The van der Waals surface area contributed by atoms with E-state index in [1.54, 1.807) is 84.9 Å². The van der Waals surface area contributed by atoms with Crippen LogP contribution in [0.2, 0.25) is 0 Å². The number of anilines is 1. The fourth-order valence-corrected chi connectivity index (χ4v) is 8.51. The third-order valence-corrected chi connectivity index (χ3v) is 12.0. The number of hydrogen-bond donors (Lipinski definition) is 9. The highest BCUT2D eigenvalue weighted by Gasteiger charge is 2.30. The molecule has 4 amide bonds. The SMILES string of the molecule is C=c1[nH]c(=O)c(=C2N=C(c3c(O)[nH]c(=O)[nH]c3=O)c3ccccc32)c(=O)[nH]1.O=C1NC(=Nc2ccc(N=C3NC(=O)c4ccccc43)cc2)c2ccccc21.[C-]#[N+]/C(C(=O)Nc1ccccc1)=C1/NC(=O)c2ccccc21. The summed E-state index contributed by atoms with van der Waals surface area (Å²) >= 11 is 0. The van der Waals surface area contributed by atoms with Crippen LogP contribution in [0.25, 0.3) is 22.8 Å². The second kappa shape index (κ2) is 20.5. The van der Waals surface area contributed by atoms with E-state index in [9.17, 15) is 43.5 Å². The Kier molecular flexibility index (Phi) is 13.0. The van der Waals surface area contributed by atoms with Gasteiger partial charge in [0.1, 0.15) is 27.9 Å². The highest BCUT2D eigenvalue weighted by molar-refractivity contribution is 6.25. The molecule has 6 heterocycles. The molecule has 4 aliphatic rings. The van der Waals surface area contributed by atoms with Crippen molar-refractivity contribution >= 4 is 76.0 Å². The number of aromatic hydroxyl groups is 1. The highest BCUT2D eigenvalue weighted by atomic mass is 16.3. The third kappa shape index (κ3) is 9.73. The Morgan fingerprint density at radius 2 is 0.987 bits per heavy atom. The molecular weight excluding hydrogens is 985 g/mol. The van der Waals surface area contributed by atoms with Crippen LogP contribution in [0, 0.1) is 6.57 Å². The fraction of sp³-hybridized carbons (Fsp3) is 0. The fourth-order valence-electron chi connectivity index (χ4n) is 8.51. The van der Waals surface area contributed by atoms with Gasteiger partial charge in [-0.15, -0.1) is 0 Å². The van der Waals surface area contributed by atoms with Gasteiger partial charge in [-0.1, -0.05) is 104 Å². The van der Waals surface area contributed by atoms with E-state index in [2.05, 4.69) is 62.6 Å². The van der Waals surface area contributed by atoms with Gasteiger partial charge in [-0.05, 0) is 54.6 Å². The Bertz CT molecular complexity index is 4260. The minimum atomic E-state index is -0.878. The summed E-state index contributed by atoms with van der Waals surface area (Å²) in [6.45, 7) is 10.8. The molecule has 77 heavy (non-hydrogen) atoms. The van der Waals surface area contributed by atoms with Gasteiger partial charge in [-0.3, -0.25) is 43.5 Å². The number of amides is 4. The van der Waals surface area contributed by atoms with E-state index < -0.39 is 34.2 Å². The zero-order chi connectivity index (χ0) is 53.9. The molecule has 21 heteroatoms. The van der Waals surface area contributed by atoms with Crippen LogP contribution in [0.5, 0.6) is 5.88 Å². The lowest BCUT2D eigenvalue weighted by Crippen LogP contribution is -2.48. The lowest BCUT2D eigenvalue weighted by atomic mass is 10.0. The van der Waals surface area contributed by atoms with Crippen molar-refractivity contribution in [2.75, 3.05) is 5.32 Å². The molecule has 0 aliphatic carbocycles. The van der Waals surface area contributed by atoms with Crippen molar-refractivity contribution in [3.05, 3.63) is 271 Å². The monoisotopic (exact) mass is 1020 g/mol. The Morgan fingerprint density at radius 3 is 1.51 bits per heavy atom. The number of carbonyl (C=O) groups excluding carboxylic acids is 4. The maximum atomic E-state index is 12.3. The van der Waals surface area contributed by atoms with E-state index in [0.29, 0.717) is 62.1 Å². The van der Waals surface area contributed by atoms with Gasteiger partial charge in [-0.2, -0.15) is 0 Å². The number of nitrogens with one attached hydrogen (secondary N) is 8. The van der Waals surface area contributed by atoms with Crippen LogP contribution < -0.4 is 54.3 Å². The second-order valence-electron chi connectivity index (χ2n) is 16.8. The number of hydrogen-bond acceptors (Lipinski definition) is 12. The number of H-pyrrole nitrogens is 4. The smallest absolute Gasteiger partial charge is 0.328 e. The van der Waals surface area contributed by atoms with E-state index in [0.717, 1.165) is 11.1 Å². The quantitative estimate of drug-likeness (QED) is 0.0898. The van der Waals surface area contributed by atoms with Crippen molar-refractivity contribution in [2.24, 2.45) is 15.0 Å². The first-order chi connectivity index (χ1) is 37.3. The van der Waals surface area contributed by atoms with Gasteiger partial charge in [-0.25, -0.2) is 24.6 Å². The highest BCUT2D eigenvalue weighted by Crippen LogP contribution is 2.31. The molecule has 9 N–H and O–H groups in total. The Labute approximate surface area is 432 Å². The number of rotatable bonds is 5. The maximum absolute atomic E-state index is 12.3. The third-order valence-electron chi connectivity index (χ3n) is 12.0. The molecule has 0 atom stereocenters. The first-order valence-electron chi connectivity index (χ1n) is 23.0. The number of aliphatic imine (C=N–C) groups is 3. The molecule has 6 aromatic carbocycles. The van der Waals surface area contributed by atoms with Crippen molar-refractivity contribution in [2.45, 2.75) is 0 Å².